The SMILES string of the molecule is CCNS(=O)(=O)c1ccc(OC)c(C(=O)Nc2nncs2)c1. The number of carbonyl (C=O) groups is 1. The predicted molar refractivity (Wildman–Crippen MR) is 81.7 cm³/mol. The zero-order chi connectivity index (χ0) is 16.2. The third kappa shape index (κ3) is 3.59. The van der Waals surface area contributed by atoms with Crippen LogP contribution in [0.2, 0.25) is 0 Å². The molecule has 1 amide bonds. The van der Waals surface area contributed by atoms with Crippen LogP contribution in [0, 0.1) is 0 Å². The molecule has 1 aromatic carbocycles. The predicted octanol–water partition coefficient (Wildman–Crippen LogP) is 1.10. The van der Waals surface area contributed by atoms with E-state index < -0.39 is 15.9 Å². The lowest BCUT2D eigenvalue weighted by atomic mass is 10.2. The molecule has 10 heteroatoms. The Morgan fingerprint density at radius 1 is 1.41 bits per heavy atom. The second-order valence-corrected chi connectivity index (χ2v) is 6.66. The molecule has 0 aliphatic carbocycles. The summed E-state index contributed by atoms with van der Waals surface area (Å²) in [6.07, 6.45) is 0. The zero-order valence-electron chi connectivity index (χ0n) is 11.9. The summed E-state index contributed by atoms with van der Waals surface area (Å²) in [5.41, 5.74) is 1.57. The Balaban J connectivity index is 2.38. The summed E-state index contributed by atoms with van der Waals surface area (Å²) >= 11 is 1.15. The molecule has 2 N–H and O–H groups in total. The Morgan fingerprint density at radius 3 is 2.77 bits per heavy atom. The molecule has 1 heterocycles. The van der Waals surface area contributed by atoms with E-state index in [1.165, 1.54) is 30.8 Å². The number of benzene rings is 1. The Labute approximate surface area is 131 Å². The van der Waals surface area contributed by atoms with Crippen molar-refractivity contribution >= 4 is 32.4 Å². The van der Waals surface area contributed by atoms with Crippen LogP contribution in [-0.2, 0) is 10.0 Å². The first kappa shape index (κ1) is 16.3. The Kier molecular flexibility index (Phi) is 5.06. The van der Waals surface area contributed by atoms with Gasteiger partial charge in [-0.05, 0) is 18.2 Å². The van der Waals surface area contributed by atoms with Gasteiger partial charge in [0.25, 0.3) is 5.91 Å². The fraction of sp³-hybridized carbons (Fsp3) is 0.250. The van der Waals surface area contributed by atoms with Crippen LogP contribution < -0.4 is 14.8 Å². The van der Waals surface area contributed by atoms with Gasteiger partial charge in [-0.1, -0.05) is 18.3 Å². The lowest BCUT2D eigenvalue weighted by molar-refractivity contribution is 0.102. The Hall–Kier alpha value is -2.04. The molecule has 0 radical (unpaired) electrons. The van der Waals surface area contributed by atoms with Gasteiger partial charge in [0.2, 0.25) is 15.2 Å². The van der Waals surface area contributed by atoms with Gasteiger partial charge in [0.05, 0.1) is 17.6 Å². The van der Waals surface area contributed by atoms with Gasteiger partial charge in [-0.2, -0.15) is 0 Å². The molecular formula is C12H14N4O4S2. The van der Waals surface area contributed by atoms with Crippen LogP contribution >= 0.6 is 11.3 Å². The van der Waals surface area contributed by atoms with Gasteiger partial charge < -0.3 is 4.74 Å². The minimum absolute atomic E-state index is 0.0161. The van der Waals surface area contributed by atoms with Crippen LogP contribution in [0.1, 0.15) is 17.3 Å². The summed E-state index contributed by atoms with van der Waals surface area (Å²) in [5.74, 6) is -0.264. The number of aromatic nitrogens is 2. The molecule has 0 fully saturated rings. The van der Waals surface area contributed by atoms with Crippen LogP contribution in [0.15, 0.2) is 28.6 Å². The minimum atomic E-state index is -3.66. The highest BCUT2D eigenvalue weighted by molar-refractivity contribution is 7.89. The van der Waals surface area contributed by atoms with Crippen molar-refractivity contribution in [2.24, 2.45) is 0 Å². The fourth-order valence-electron chi connectivity index (χ4n) is 1.70. The molecule has 22 heavy (non-hydrogen) atoms. The molecule has 0 bridgehead atoms. The highest BCUT2D eigenvalue weighted by atomic mass is 32.2. The summed E-state index contributed by atoms with van der Waals surface area (Å²) in [6, 6.07) is 4.06. The third-order valence-electron chi connectivity index (χ3n) is 2.64. The standard InChI is InChI=1S/C12H14N4O4S2/c1-3-14-22(18,19)8-4-5-10(20-2)9(6-8)11(17)15-12-16-13-7-21-12/h4-7,14H,3H2,1-2H3,(H,15,16,17). The summed E-state index contributed by atoms with van der Waals surface area (Å²) < 4.78 is 31.5. The van der Waals surface area contributed by atoms with Crippen molar-refractivity contribution in [1.82, 2.24) is 14.9 Å². The van der Waals surface area contributed by atoms with Crippen molar-refractivity contribution < 1.29 is 17.9 Å². The van der Waals surface area contributed by atoms with Crippen LogP contribution in [0.5, 0.6) is 5.75 Å². The van der Waals surface area contributed by atoms with Crippen LogP contribution in [0.4, 0.5) is 5.13 Å². The average molecular weight is 342 g/mol. The van der Waals surface area contributed by atoms with E-state index in [0.717, 1.165) is 11.3 Å². The maximum absolute atomic E-state index is 12.3. The second kappa shape index (κ2) is 6.81. The van der Waals surface area contributed by atoms with Gasteiger partial charge in [-0.15, -0.1) is 10.2 Å². The first-order valence-corrected chi connectivity index (χ1v) is 8.59. The fourth-order valence-corrected chi connectivity index (χ4v) is 3.20. The lowest BCUT2D eigenvalue weighted by Crippen LogP contribution is -2.23. The van der Waals surface area contributed by atoms with Gasteiger partial charge in [0, 0.05) is 6.54 Å². The second-order valence-electron chi connectivity index (χ2n) is 4.06. The molecule has 0 aliphatic rings. The number of nitrogens with one attached hydrogen (secondary N) is 2. The maximum Gasteiger partial charge on any atom is 0.261 e. The molecule has 0 unspecified atom stereocenters. The van der Waals surface area contributed by atoms with Crippen molar-refractivity contribution in [3.8, 4) is 5.75 Å². The zero-order valence-corrected chi connectivity index (χ0v) is 13.5. The van der Waals surface area contributed by atoms with Crippen LogP contribution in [0.3, 0.4) is 0 Å². The first-order chi connectivity index (χ1) is 10.5. The van der Waals surface area contributed by atoms with Gasteiger partial charge in [0.1, 0.15) is 11.3 Å². The number of nitrogens with zero attached hydrogens (tertiary/aromatic N) is 2. The Bertz CT molecular complexity index is 759. The summed E-state index contributed by atoms with van der Waals surface area (Å²) in [5, 5.41) is 10.2. The number of methoxy groups -OCH3 is 1. The van der Waals surface area contributed by atoms with Crippen LogP contribution in [0.25, 0.3) is 0 Å². The monoisotopic (exact) mass is 342 g/mol. The lowest BCUT2D eigenvalue weighted by Gasteiger charge is -2.10. The van der Waals surface area contributed by atoms with E-state index in [2.05, 4.69) is 20.2 Å². The molecule has 0 atom stereocenters. The number of carbonyl (C=O) groups excluding carboxylic acids is 1. The number of ether oxygens (including phenoxy) is 1. The molecule has 0 saturated carbocycles. The normalized spacial score (nSPS) is 11.2. The molecule has 2 rings (SSSR count). The minimum Gasteiger partial charge on any atom is -0.496 e. The van der Waals surface area contributed by atoms with Crippen molar-refractivity contribution in [3.05, 3.63) is 29.3 Å². The number of rotatable bonds is 6. The highest BCUT2D eigenvalue weighted by Crippen LogP contribution is 2.23. The molecule has 8 nitrogen and oxygen atoms in total. The topological polar surface area (TPSA) is 110 Å². The Morgan fingerprint density at radius 2 is 2.18 bits per heavy atom. The smallest absolute Gasteiger partial charge is 0.261 e. The number of sulfonamides is 1. The number of hydrogen-bond acceptors (Lipinski definition) is 7. The summed E-state index contributed by atoms with van der Waals surface area (Å²) in [4.78, 5) is 12.2. The van der Waals surface area contributed by atoms with Crippen molar-refractivity contribution in [3.63, 3.8) is 0 Å². The van der Waals surface area contributed by atoms with E-state index in [4.69, 9.17) is 4.74 Å². The van der Waals surface area contributed by atoms with Gasteiger partial charge in [-0.3, -0.25) is 10.1 Å². The maximum atomic E-state index is 12.3. The summed E-state index contributed by atoms with van der Waals surface area (Å²) in [6.45, 7) is 1.92. The van der Waals surface area contributed by atoms with Crippen molar-refractivity contribution in [1.29, 1.82) is 0 Å². The van der Waals surface area contributed by atoms with Crippen molar-refractivity contribution in [2.75, 3.05) is 19.0 Å². The quantitative estimate of drug-likeness (QED) is 0.813. The third-order valence-corrected chi connectivity index (χ3v) is 4.79. The molecule has 1 aromatic heterocycles. The highest BCUT2D eigenvalue weighted by Gasteiger charge is 2.19. The number of hydrogen-bond donors (Lipinski definition) is 2. The average Bonchev–Trinajstić information content (AvgIpc) is 2.99. The van der Waals surface area contributed by atoms with Crippen LogP contribution in [-0.4, -0.2) is 38.2 Å². The van der Waals surface area contributed by atoms with E-state index in [-0.39, 0.29) is 22.8 Å². The van der Waals surface area contributed by atoms with E-state index in [0.29, 0.717) is 5.13 Å². The molecule has 0 spiro atoms. The summed E-state index contributed by atoms with van der Waals surface area (Å²) in [7, 11) is -2.27. The molecule has 0 saturated heterocycles. The number of amides is 1. The molecule has 0 aliphatic heterocycles. The molecular weight excluding hydrogens is 328 g/mol. The van der Waals surface area contributed by atoms with Gasteiger partial charge in [0.15, 0.2) is 0 Å². The first-order valence-electron chi connectivity index (χ1n) is 6.23. The largest absolute Gasteiger partial charge is 0.496 e. The van der Waals surface area contributed by atoms with E-state index in [1.54, 1.807) is 6.92 Å². The molecule has 2 aromatic rings. The molecule has 118 valence electrons. The van der Waals surface area contributed by atoms with Crippen molar-refractivity contribution in [2.45, 2.75) is 11.8 Å². The van der Waals surface area contributed by atoms with Gasteiger partial charge in [-0.25, -0.2) is 13.1 Å². The van der Waals surface area contributed by atoms with Gasteiger partial charge >= 0.3 is 0 Å². The van der Waals surface area contributed by atoms with E-state index in [1.807, 2.05) is 0 Å². The number of anilines is 1. The van der Waals surface area contributed by atoms with E-state index in [9.17, 15) is 13.2 Å². The van der Waals surface area contributed by atoms with E-state index >= 15 is 0 Å².